The molecular formula is C16H13FO3. The van der Waals surface area contributed by atoms with Crippen molar-refractivity contribution >= 4 is 11.0 Å². The van der Waals surface area contributed by atoms with E-state index in [0.29, 0.717) is 16.7 Å². The summed E-state index contributed by atoms with van der Waals surface area (Å²) in [5.74, 6) is 0.400. The van der Waals surface area contributed by atoms with E-state index in [1.165, 1.54) is 13.2 Å². The van der Waals surface area contributed by atoms with Crippen LogP contribution in [0.25, 0.3) is 11.0 Å². The number of para-hydroxylation sites is 2. The summed E-state index contributed by atoms with van der Waals surface area (Å²) < 4.78 is 24.3. The summed E-state index contributed by atoms with van der Waals surface area (Å²) in [6, 6.07) is 13.4. The number of methoxy groups -OCH3 is 1. The van der Waals surface area contributed by atoms with Crippen LogP contribution in [0.3, 0.4) is 0 Å². The Kier molecular flexibility index (Phi) is 3.16. The Bertz CT molecular complexity index is 748. The topological polar surface area (TPSA) is 42.6 Å². The maximum Gasteiger partial charge on any atom is 0.170 e. The van der Waals surface area contributed by atoms with Crippen LogP contribution in [-0.4, -0.2) is 12.2 Å². The van der Waals surface area contributed by atoms with E-state index < -0.39 is 11.9 Å². The molecule has 1 unspecified atom stereocenters. The second-order valence-electron chi connectivity index (χ2n) is 4.45. The van der Waals surface area contributed by atoms with Crippen LogP contribution in [0.2, 0.25) is 0 Å². The van der Waals surface area contributed by atoms with Gasteiger partial charge in [-0.15, -0.1) is 0 Å². The van der Waals surface area contributed by atoms with Gasteiger partial charge in [0.25, 0.3) is 0 Å². The normalized spacial score (nSPS) is 12.6. The van der Waals surface area contributed by atoms with Gasteiger partial charge in [-0.2, -0.15) is 0 Å². The highest BCUT2D eigenvalue weighted by Gasteiger charge is 2.20. The van der Waals surface area contributed by atoms with Crippen LogP contribution in [0.4, 0.5) is 4.39 Å². The fraction of sp³-hybridized carbons (Fsp3) is 0.125. The molecule has 0 spiro atoms. The Morgan fingerprint density at radius 1 is 1.15 bits per heavy atom. The second-order valence-corrected chi connectivity index (χ2v) is 4.45. The Hall–Kier alpha value is -2.33. The summed E-state index contributed by atoms with van der Waals surface area (Å²) >= 11 is 0. The first-order valence-corrected chi connectivity index (χ1v) is 6.19. The van der Waals surface area contributed by atoms with Crippen LogP contribution >= 0.6 is 0 Å². The minimum absolute atomic E-state index is 0.149. The molecule has 0 aliphatic heterocycles. The number of halogens is 1. The van der Waals surface area contributed by atoms with Crippen LogP contribution in [0.1, 0.15) is 17.4 Å². The van der Waals surface area contributed by atoms with Crippen molar-refractivity contribution in [1.82, 2.24) is 0 Å². The molecule has 3 rings (SSSR count). The SMILES string of the molecule is COc1ccccc1C(O)c1cc2cccc(F)c2o1. The molecule has 0 aliphatic rings. The lowest BCUT2D eigenvalue weighted by Crippen LogP contribution is -2.00. The highest BCUT2D eigenvalue weighted by atomic mass is 19.1. The Morgan fingerprint density at radius 3 is 2.70 bits per heavy atom. The molecule has 20 heavy (non-hydrogen) atoms. The van der Waals surface area contributed by atoms with Gasteiger partial charge in [0.05, 0.1) is 7.11 Å². The van der Waals surface area contributed by atoms with Gasteiger partial charge in [0.1, 0.15) is 17.6 Å². The van der Waals surface area contributed by atoms with Gasteiger partial charge >= 0.3 is 0 Å². The highest BCUT2D eigenvalue weighted by Crippen LogP contribution is 2.33. The third kappa shape index (κ3) is 2.04. The average molecular weight is 272 g/mol. The van der Waals surface area contributed by atoms with Crippen molar-refractivity contribution in [3.8, 4) is 5.75 Å². The molecule has 0 saturated heterocycles. The molecule has 0 saturated carbocycles. The number of benzene rings is 2. The fourth-order valence-electron chi connectivity index (χ4n) is 2.23. The van der Waals surface area contributed by atoms with Gasteiger partial charge in [0, 0.05) is 10.9 Å². The Labute approximate surface area is 115 Å². The predicted molar refractivity (Wildman–Crippen MR) is 73.2 cm³/mol. The minimum Gasteiger partial charge on any atom is -0.496 e. The Morgan fingerprint density at radius 2 is 1.95 bits per heavy atom. The van der Waals surface area contributed by atoms with Crippen LogP contribution in [-0.2, 0) is 0 Å². The summed E-state index contributed by atoms with van der Waals surface area (Å²) in [5, 5.41) is 11.0. The molecule has 1 N–H and O–H groups in total. The van der Waals surface area contributed by atoms with E-state index in [1.54, 1.807) is 36.4 Å². The quantitative estimate of drug-likeness (QED) is 0.791. The number of aliphatic hydroxyl groups is 1. The lowest BCUT2D eigenvalue weighted by atomic mass is 10.1. The smallest absolute Gasteiger partial charge is 0.170 e. The average Bonchev–Trinajstić information content (AvgIpc) is 2.92. The summed E-state index contributed by atoms with van der Waals surface area (Å²) in [6.07, 6.45) is -1.00. The molecule has 1 atom stereocenters. The van der Waals surface area contributed by atoms with Gasteiger partial charge in [0.15, 0.2) is 11.4 Å². The number of hydrogen-bond acceptors (Lipinski definition) is 3. The summed E-state index contributed by atoms with van der Waals surface area (Å²) in [6.45, 7) is 0. The van der Waals surface area contributed by atoms with Crippen molar-refractivity contribution < 1.29 is 18.7 Å². The Balaban J connectivity index is 2.08. The van der Waals surface area contributed by atoms with Crippen molar-refractivity contribution in [3.63, 3.8) is 0 Å². The lowest BCUT2D eigenvalue weighted by molar-refractivity contribution is 0.187. The molecule has 0 radical (unpaired) electrons. The highest BCUT2D eigenvalue weighted by molar-refractivity contribution is 5.78. The number of hydrogen-bond donors (Lipinski definition) is 1. The molecule has 1 heterocycles. The molecule has 0 amide bonds. The zero-order valence-corrected chi connectivity index (χ0v) is 10.8. The first-order chi connectivity index (χ1) is 9.70. The first-order valence-electron chi connectivity index (χ1n) is 6.19. The first kappa shape index (κ1) is 12.7. The third-order valence-electron chi connectivity index (χ3n) is 3.22. The number of furan rings is 1. The molecule has 3 aromatic rings. The molecule has 4 heteroatoms. The predicted octanol–water partition coefficient (Wildman–Crippen LogP) is 3.66. The van der Waals surface area contributed by atoms with Crippen LogP contribution in [0.5, 0.6) is 5.75 Å². The number of rotatable bonds is 3. The van der Waals surface area contributed by atoms with Gasteiger partial charge < -0.3 is 14.3 Å². The third-order valence-corrected chi connectivity index (χ3v) is 3.22. The van der Waals surface area contributed by atoms with E-state index in [0.717, 1.165) is 0 Å². The maximum atomic E-state index is 13.6. The van der Waals surface area contributed by atoms with Gasteiger partial charge in [-0.3, -0.25) is 0 Å². The maximum absolute atomic E-state index is 13.6. The second kappa shape index (κ2) is 4.98. The zero-order valence-electron chi connectivity index (χ0n) is 10.8. The number of ether oxygens (including phenoxy) is 1. The van der Waals surface area contributed by atoms with E-state index in [9.17, 15) is 9.50 Å². The number of aliphatic hydroxyl groups excluding tert-OH is 1. The summed E-state index contributed by atoms with van der Waals surface area (Å²) in [5.41, 5.74) is 0.728. The molecule has 3 nitrogen and oxygen atoms in total. The van der Waals surface area contributed by atoms with Crippen LogP contribution in [0.15, 0.2) is 52.9 Å². The van der Waals surface area contributed by atoms with Gasteiger partial charge in [-0.25, -0.2) is 4.39 Å². The van der Waals surface area contributed by atoms with Crippen molar-refractivity contribution in [2.75, 3.05) is 7.11 Å². The molecule has 2 aromatic carbocycles. The van der Waals surface area contributed by atoms with Gasteiger partial charge in [0.2, 0.25) is 0 Å². The number of fused-ring (bicyclic) bond motifs is 1. The summed E-state index contributed by atoms with van der Waals surface area (Å²) in [4.78, 5) is 0. The molecule has 0 bridgehead atoms. The zero-order chi connectivity index (χ0) is 14.1. The van der Waals surface area contributed by atoms with Crippen LogP contribution in [0, 0.1) is 5.82 Å². The van der Waals surface area contributed by atoms with Crippen LogP contribution < -0.4 is 4.74 Å². The molecule has 102 valence electrons. The van der Waals surface area contributed by atoms with E-state index in [2.05, 4.69) is 0 Å². The molecule has 0 aliphatic carbocycles. The molecule has 0 fully saturated rings. The van der Waals surface area contributed by atoms with E-state index in [1.807, 2.05) is 6.07 Å². The molecule has 1 aromatic heterocycles. The van der Waals surface area contributed by atoms with E-state index in [-0.39, 0.29) is 11.3 Å². The van der Waals surface area contributed by atoms with Crippen molar-refractivity contribution in [1.29, 1.82) is 0 Å². The minimum atomic E-state index is -1.00. The fourth-order valence-corrected chi connectivity index (χ4v) is 2.23. The summed E-state index contributed by atoms with van der Waals surface area (Å²) in [7, 11) is 1.53. The van der Waals surface area contributed by atoms with Gasteiger partial charge in [-0.05, 0) is 18.2 Å². The lowest BCUT2D eigenvalue weighted by Gasteiger charge is -2.12. The monoisotopic (exact) mass is 272 g/mol. The van der Waals surface area contributed by atoms with Crippen molar-refractivity contribution in [2.45, 2.75) is 6.10 Å². The van der Waals surface area contributed by atoms with Crippen molar-refractivity contribution in [3.05, 3.63) is 65.7 Å². The van der Waals surface area contributed by atoms with Crippen molar-refractivity contribution in [2.24, 2.45) is 0 Å². The largest absolute Gasteiger partial charge is 0.496 e. The molecular weight excluding hydrogens is 259 g/mol. The standard InChI is InChI=1S/C16H13FO3/c1-19-13-8-3-2-6-11(13)15(18)14-9-10-5-4-7-12(17)16(10)20-14/h2-9,15,18H,1H3. The van der Waals surface area contributed by atoms with E-state index >= 15 is 0 Å². The van der Waals surface area contributed by atoms with Gasteiger partial charge in [-0.1, -0.05) is 30.3 Å². The van der Waals surface area contributed by atoms with E-state index in [4.69, 9.17) is 9.15 Å².